The largest absolute Gasteiger partial charge is 0.444 e. The monoisotopic (exact) mass is 553 g/mol. The molecule has 1 amide bonds. The van der Waals surface area contributed by atoms with E-state index in [9.17, 15) is 9.59 Å². The number of benzene rings is 3. The summed E-state index contributed by atoms with van der Waals surface area (Å²) in [7, 11) is -3.20. The maximum absolute atomic E-state index is 13.5. The molecular formula is C34H39NO4Si. The topological polar surface area (TPSA) is 64.6 Å². The van der Waals surface area contributed by atoms with Crippen LogP contribution >= 0.6 is 0 Å². The SMILES string of the molecule is C#CC(=O)[C@@H](O[Si](c1ccccc1)(c1ccccc1)C(C)(C)C)[C@@H](/C=C/c1ccccc1)NC(=O)OC(C)(C)C. The van der Waals surface area contributed by atoms with Crippen LogP contribution in [-0.4, -0.2) is 37.9 Å². The number of hydrogen-bond donors (Lipinski definition) is 1. The van der Waals surface area contributed by atoms with Crippen LogP contribution < -0.4 is 15.7 Å². The van der Waals surface area contributed by atoms with Crippen molar-refractivity contribution in [2.75, 3.05) is 0 Å². The van der Waals surface area contributed by atoms with Gasteiger partial charge in [0.25, 0.3) is 8.32 Å². The Balaban J connectivity index is 2.21. The third kappa shape index (κ3) is 7.59. The summed E-state index contributed by atoms with van der Waals surface area (Å²) in [5.74, 6) is 1.71. The van der Waals surface area contributed by atoms with Gasteiger partial charge in [-0.2, -0.15) is 0 Å². The molecule has 6 heteroatoms. The molecule has 0 fully saturated rings. The van der Waals surface area contributed by atoms with Crippen molar-refractivity contribution < 1.29 is 18.8 Å². The van der Waals surface area contributed by atoms with E-state index in [1.54, 1.807) is 26.8 Å². The Morgan fingerprint density at radius 2 is 1.30 bits per heavy atom. The van der Waals surface area contributed by atoms with Gasteiger partial charge in [-0.05, 0) is 47.7 Å². The van der Waals surface area contributed by atoms with E-state index < -0.39 is 43.0 Å². The average Bonchev–Trinajstić information content (AvgIpc) is 2.91. The molecule has 0 bridgehead atoms. The Morgan fingerprint density at radius 1 is 0.825 bits per heavy atom. The van der Waals surface area contributed by atoms with E-state index in [1.165, 1.54) is 0 Å². The van der Waals surface area contributed by atoms with Crippen molar-refractivity contribution in [3.05, 3.63) is 103 Å². The first-order chi connectivity index (χ1) is 18.9. The summed E-state index contributed by atoms with van der Waals surface area (Å²) in [6, 6.07) is 28.7. The van der Waals surface area contributed by atoms with Gasteiger partial charge in [-0.25, -0.2) is 4.79 Å². The van der Waals surface area contributed by atoms with Gasteiger partial charge in [-0.3, -0.25) is 4.79 Å². The molecular weight excluding hydrogens is 514 g/mol. The smallest absolute Gasteiger partial charge is 0.408 e. The summed E-state index contributed by atoms with van der Waals surface area (Å²) in [6.45, 7) is 11.7. The number of rotatable bonds is 9. The van der Waals surface area contributed by atoms with E-state index in [1.807, 2.05) is 97.1 Å². The van der Waals surface area contributed by atoms with Crippen LogP contribution in [0.2, 0.25) is 5.04 Å². The minimum atomic E-state index is -3.20. The van der Waals surface area contributed by atoms with Gasteiger partial charge in [0.1, 0.15) is 11.7 Å². The lowest BCUT2D eigenvalue weighted by Crippen LogP contribution is -2.69. The number of hydrogen-bond acceptors (Lipinski definition) is 4. The zero-order chi connectivity index (χ0) is 29.4. The molecule has 40 heavy (non-hydrogen) atoms. The number of amides is 1. The van der Waals surface area contributed by atoms with E-state index in [4.69, 9.17) is 15.6 Å². The normalized spacial score (nSPS) is 13.7. The van der Waals surface area contributed by atoms with Crippen molar-refractivity contribution >= 4 is 36.6 Å². The first-order valence-electron chi connectivity index (χ1n) is 13.4. The Kier molecular flexibility index (Phi) is 9.91. The lowest BCUT2D eigenvalue weighted by molar-refractivity contribution is -0.121. The second-order valence-electron chi connectivity index (χ2n) is 11.7. The van der Waals surface area contributed by atoms with Crippen LogP contribution in [-0.2, 0) is 14.0 Å². The summed E-state index contributed by atoms with van der Waals surface area (Å²) < 4.78 is 12.7. The molecule has 1 N–H and O–H groups in total. The Labute approximate surface area is 239 Å². The van der Waals surface area contributed by atoms with Gasteiger partial charge in [0, 0.05) is 0 Å². The summed E-state index contributed by atoms with van der Waals surface area (Å²) in [5.41, 5.74) is 0.165. The number of alkyl carbamates (subject to hydrolysis) is 1. The summed E-state index contributed by atoms with van der Waals surface area (Å²) in [6.07, 6.45) is 7.46. The lowest BCUT2D eigenvalue weighted by Gasteiger charge is -2.45. The van der Waals surface area contributed by atoms with Crippen LogP contribution in [0, 0.1) is 12.3 Å². The van der Waals surface area contributed by atoms with Gasteiger partial charge in [-0.15, -0.1) is 6.42 Å². The van der Waals surface area contributed by atoms with Crippen molar-refractivity contribution in [3.8, 4) is 12.3 Å². The third-order valence-electron chi connectivity index (χ3n) is 6.43. The zero-order valence-corrected chi connectivity index (χ0v) is 25.2. The van der Waals surface area contributed by atoms with E-state index >= 15 is 0 Å². The summed E-state index contributed by atoms with van der Waals surface area (Å²) in [5, 5.41) is 4.44. The van der Waals surface area contributed by atoms with Gasteiger partial charge >= 0.3 is 6.09 Å². The quantitative estimate of drug-likeness (QED) is 0.209. The van der Waals surface area contributed by atoms with Gasteiger partial charge in [-0.1, -0.05) is 124 Å². The van der Waals surface area contributed by atoms with Crippen molar-refractivity contribution in [1.29, 1.82) is 0 Å². The fraction of sp³-hybridized carbons (Fsp3) is 0.294. The highest BCUT2D eigenvalue weighted by atomic mass is 28.4. The predicted molar refractivity (Wildman–Crippen MR) is 165 cm³/mol. The molecule has 0 heterocycles. The van der Waals surface area contributed by atoms with Crippen LogP contribution in [0.1, 0.15) is 47.1 Å². The first-order valence-corrected chi connectivity index (χ1v) is 15.3. The number of terminal acetylenes is 1. The van der Waals surface area contributed by atoms with Crippen LogP contribution in [0.25, 0.3) is 6.08 Å². The minimum absolute atomic E-state index is 0.414. The van der Waals surface area contributed by atoms with Crippen molar-refractivity contribution in [1.82, 2.24) is 5.32 Å². The van der Waals surface area contributed by atoms with Crippen LogP contribution in [0.15, 0.2) is 97.1 Å². The molecule has 0 spiro atoms. The van der Waals surface area contributed by atoms with Crippen LogP contribution in [0.3, 0.4) is 0 Å². The van der Waals surface area contributed by atoms with Gasteiger partial charge < -0.3 is 14.5 Å². The number of ketones is 1. The maximum Gasteiger partial charge on any atom is 0.408 e. The van der Waals surface area contributed by atoms with Crippen molar-refractivity contribution in [3.63, 3.8) is 0 Å². The van der Waals surface area contributed by atoms with Crippen molar-refractivity contribution in [2.45, 2.75) is 64.3 Å². The fourth-order valence-corrected chi connectivity index (χ4v) is 9.35. The molecule has 2 atom stereocenters. The number of carbonyl (C=O) groups excluding carboxylic acids is 2. The molecule has 0 saturated carbocycles. The lowest BCUT2D eigenvalue weighted by atomic mass is 10.1. The minimum Gasteiger partial charge on any atom is -0.444 e. The zero-order valence-electron chi connectivity index (χ0n) is 24.2. The average molecular weight is 554 g/mol. The molecule has 5 nitrogen and oxygen atoms in total. The van der Waals surface area contributed by atoms with Gasteiger partial charge in [0.2, 0.25) is 5.78 Å². The van der Waals surface area contributed by atoms with E-state index in [2.05, 4.69) is 32.0 Å². The molecule has 208 valence electrons. The van der Waals surface area contributed by atoms with Crippen molar-refractivity contribution in [2.24, 2.45) is 0 Å². The highest BCUT2D eigenvalue weighted by Crippen LogP contribution is 2.38. The number of carbonyl (C=O) groups is 2. The maximum atomic E-state index is 13.5. The number of ether oxygens (including phenoxy) is 1. The molecule has 3 aromatic rings. The van der Waals surface area contributed by atoms with E-state index in [0.29, 0.717) is 0 Å². The Hall–Kier alpha value is -3.92. The summed E-state index contributed by atoms with van der Waals surface area (Å²) >= 11 is 0. The van der Waals surface area contributed by atoms with E-state index in [0.717, 1.165) is 15.9 Å². The Morgan fingerprint density at radius 3 is 1.73 bits per heavy atom. The number of nitrogens with one attached hydrogen (secondary N) is 1. The van der Waals surface area contributed by atoms with E-state index in [-0.39, 0.29) is 0 Å². The Bertz CT molecular complexity index is 1290. The molecule has 0 aromatic heterocycles. The molecule has 0 unspecified atom stereocenters. The molecule has 3 rings (SSSR count). The van der Waals surface area contributed by atoms with Crippen LogP contribution in [0.4, 0.5) is 4.79 Å². The standard InChI is InChI=1S/C34H39NO4Si/c1-8-30(36)31(29(35-32(37)38-33(2,3)4)25-24-26-18-12-9-13-19-26)39-40(34(5,6)7,27-20-14-10-15-21-27)28-22-16-11-17-23-28/h1,9-25,29,31H,2-7H3,(H,35,37)/b25-24+/t29-,31+/m1/s1. The summed E-state index contributed by atoms with van der Waals surface area (Å²) in [4.78, 5) is 26.6. The molecule has 0 aliphatic heterocycles. The van der Waals surface area contributed by atoms with Crippen LogP contribution in [0.5, 0.6) is 0 Å². The molecule has 3 aromatic carbocycles. The first kappa shape index (κ1) is 30.6. The van der Waals surface area contributed by atoms with Gasteiger partial charge in [0.05, 0.1) is 6.04 Å². The highest BCUT2D eigenvalue weighted by molar-refractivity contribution is 6.99. The second-order valence-corrected chi connectivity index (χ2v) is 15.9. The second kappa shape index (κ2) is 13.0. The molecule has 0 radical (unpaired) electrons. The molecule has 0 saturated heterocycles. The molecule has 0 aliphatic rings. The predicted octanol–water partition coefficient (Wildman–Crippen LogP) is 5.74. The van der Waals surface area contributed by atoms with Gasteiger partial charge in [0.15, 0.2) is 0 Å². The third-order valence-corrected chi connectivity index (χ3v) is 11.4. The molecule has 0 aliphatic carbocycles. The highest BCUT2D eigenvalue weighted by Gasteiger charge is 2.53. The fourth-order valence-electron chi connectivity index (χ4n) is 4.70. The number of Topliss-reactive ketones (excluding diaryl/α,β-unsaturated/α-hetero) is 1.